The molecule has 182 valence electrons. The first-order valence-corrected chi connectivity index (χ1v) is 10.9. The van der Waals surface area contributed by atoms with Gasteiger partial charge in [-0.15, -0.1) is 0 Å². The van der Waals surface area contributed by atoms with Crippen LogP contribution in [-0.2, 0) is 28.5 Å². The molecule has 0 radical (unpaired) electrons. The highest BCUT2D eigenvalue weighted by atomic mass is 16.7. The van der Waals surface area contributed by atoms with Gasteiger partial charge in [-0.2, -0.15) is 0 Å². The Morgan fingerprint density at radius 3 is 2.42 bits per heavy atom. The molecule has 2 fully saturated rings. The fourth-order valence-electron chi connectivity index (χ4n) is 3.95. The Labute approximate surface area is 191 Å². The maximum atomic E-state index is 12.4. The Bertz CT molecular complexity index is 823. The standard InChI is InChI=1S/C23H30O10/c1-13(25)30-22-20(29)23(31-17-5-3-2-4-16(17)27)32-18(12-24)21(22)33-19(28)11-8-14-6-9-15(26)10-7-14/h6-11,16-18,20-24,26-27,29H,2-5,12H2,1H3/b11-8+/t16-,17-,18-,20-,21-,22-,23-/m1/s1. The molecule has 4 N–H and O–H groups in total. The van der Waals surface area contributed by atoms with Crippen molar-refractivity contribution in [1.29, 1.82) is 0 Å². The molecular weight excluding hydrogens is 436 g/mol. The quantitative estimate of drug-likeness (QED) is 0.333. The highest BCUT2D eigenvalue weighted by Gasteiger charge is 2.50. The summed E-state index contributed by atoms with van der Waals surface area (Å²) in [5.74, 6) is -1.47. The van der Waals surface area contributed by atoms with Crippen LogP contribution in [0.4, 0.5) is 0 Å². The summed E-state index contributed by atoms with van der Waals surface area (Å²) in [7, 11) is 0. The van der Waals surface area contributed by atoms with Crippen LogP contribution in [0.5, 0.6) is 5.75 Å². The zero-order valence-corrected chi connectivity index (χ0v) is 18.3. The largest absolute Gasteiger partial charge is 0.508 e. The maximum Gasteiger partial charge on any atom is 0.331 e. The number of carbonyl (C=O) groups is 2. The van der Waals surface area contributed by atoms with E-state index < -0.39 is 61.5 Å². The van der Waals surface area contributed by atoms with Crippen molar-refractivity contribution >= 4 is 18.0 Å². The molecule has 10 heteroatoms. The van der Waals surface area contributed by atoms with Crippen molar-refractivity contribution in [3.8, 4) is 5.75 Å². The van der Waals surface area contributed by atoms with Crippen LogP contribution in [0.3, 0.4) is 0 Å². The predicted molar refractivity (Wildman–Crippen MR) is 114 cm³/mol. The number of phenols is 1. The molecule has 0 aromatic heterocycles. The van der Waals surface area contributed by atoms with Crippen molar-refractivity contribution in [3.05, 3.63) is 35.9 Å². The third-order valence-electron chi connectivity index (χ3n) is 5.63. The average Bonchev–Trinajstić information content (AvgIpc) is 2.78. The fourth-order valence-corrected chi connectivity index (χ4v) is 3.95. The number of aliphatic hydroxyl groups is 3. The molecule has 1 aromatic rings. The molecule has 1 saturated heterocycles. The third kappa shape index (κ3) is 6.75. The van der Waals surface area contributed by atoms with E-state index >= 15 is 0 Å². The number of carbonyl (C=O) groups excluding carboxylic acids is 2. The Kier molecular flexibility index (Phi) is 8.81. The lowest BCUT2D eigenvalue weighted by molar-refractivity contribution is -0.321. The van der Waals surface area contributed by atoms with Crippen molar-refractivity contribution in [3.63, 3.8) is 0 Å². The van der Waals surface area contributed by atoms with E-state index in [0.29, 0.717) is 18.4 Å². The molecule has 10 nitrogen and oxygen atoms in total. The van der Waals surface area contributed by atoms with Gasteiger partial charge in [-0.05, 0) is 36.6 Å². The molecule has 1 saturated carbocycles. The Hall–Kier alpha value is -2.50. The number of benzene rings is 1. The first-order valence-electron chi connectivity index (χ1n) is 10.9. The molecule has 33 heavy (non-hydrogen) atoms. The van der Waals surface area contributed by atoms with Crippen molar-refractivity contribution in [1.82, 2.24) is 0 Å². The molecule has 0 bridgehead atoms. The SMILES string of the molecule is CC(=O)O[C@@H]1[C@@H](O)[C@H](O[C@@H]2CCCC[C@H]2O)O[C@H](CO)[C@H]1OC(=O)/C=C/c1ccc(O)cc1. The van der Waals surface area contributed by atoms with Crippen LogP contribution in [0, 0.1) is 0 Å². The van der Waals surface area contributed by atoms with Gasteiger partial charge in [0, 0.05) is 13.0 Å². The summed E-state index contributed by atoms with van der Waals surface area (Å²) in [5, 5.41) is 40.1. The van der Waals surface area contributed by atoms with Gasteiger partial charge in [0.05, 0.1) is 18.8 Å². The summed E-state index contributed by atoms with van der Waals surface area (Å²) in [5.41, 5.74) is 0.624. The van der Waals surface area contributed by atoms with Crippen LogP contribution in [-0.4, -0.2) is 81.9 Å². The van der Waals surface area contributed by atoms with Crippen molar-refractivity contribution in [2.75, 3.05) is 6.61 Å². The van der Waals surface area contributed by atoms with Gasteiger partial charge in [0.1, 0.15) is 18.0 Å². The van der Waals surface area contributed by atoms with Crippen LogP contribution in [0.25, 0.3) is 6.08 Å². The van der Waals surface area contributed by atoms with Gasteiger partial charge in [-0.3, -0.25) is 4.79 Å². The predicted octanol–water partition coefficient (Wildman–Crippen LogP) is 0.647. The molecule has 2 aliphatic rings. The van der Waals surface area contributed by atoms with Crippen molar-refractivity contribution in [2.45, 2.75) is 75.5 Å². The van der Waals surface area contributed by atoms with E-state index in [-0.39, 0.29) is 5.75 Å². The molecule has 7 atom stereocenters. The smallest absolute Gasteiger partial charge is 0.331 e. The highest BCUT2D eigenvalue weighted by Crippen LogP contribution is 2.30. The minimum Gasteiger partial charge on any atom is -0.508 e. The Morgan fingerprint density at radius 2 is 1.79 bits per heavy atom. The topological polar surface area (TPSA) is 152 Å². The molecule has 1 aromatic carbocycles. The second kappa shape index (κ2) is 11.6. The van der Waals surface area contributed by atoms with Gasteiger partial charge in [0.15, 0.2) is 18.5 Å². The van der Waals surface area contributed by atoms with Crippen LogP contribution in [0.15, 0.2) is 30.3 Å². The summed E-state index contributed by atoms with van der Waals surface area (Å²) in [6.07, 6.45) is -2.54. The lowest BCUT2D eigenvalue weighted by Crippen LogP contribution is -2.62. The summed E-state index contributed by atoms with van der Waals surface area (Å²) in [6.45, 7) is 0.539. The Balaban J connectivity index is 1.72. The van der Waals surface area contributed by atoms with E-state index in [4.69, 9.17) is 18.9 Å². The normalized spacial score (nSPS) is 32.4. The van der Waals surface area contributed by atoms with Crippen molar-refractivity contribution in [2.24, 2.45) is 0 Å². The second-order valence-corrected chi connectivity index (χ2v) is 8.14. The van der Waals surface area contributed by atoms with Gasteiger partial charge in [0.2, 0.25) is 0 Å². The second-order valence-electron chi connectivity index (χ2n) is 8.14. The molecule has 1 heterocycles. The number of hydrogen-bond donors (Lipinski definition) is 4. The summed E-state index contributed by atoms with van der Waals surface area (Å²) >= 11 is 0. The number of aromatic hydroxyl groups is 1. The zero-order chi connectivity index (χ0) is 24.0. The van der Waals surface area contributed by atoms with Gasteiger partial charge in [-0.25, -0.2) is 4.79 Å². The molecule has 0 spiro atoms. The lowest BCUT2D eigenvalue weighted by atomic mass is 9.94. The number of rotatable bonds is 7. The lowest BCUT2D eigenvalue weighted by Gasteiger charge is -2.44. The summed E-state index contributed by atoms with van der Waals surface area (Å²) in [6, 6.07) is 6.09. The van der Waals surface area contributed by atoms with E-state index in [1.165, 1.54) is 18.2 Å². The number of ether oxygens (including phenoxy) is 4. The van der Waals surface area contributed by atoms with Crippen molar-refractivity contribution < 1.29 is 49.0 Å². The number of phenolic OH excluding ortho intramolecular Hbond substituents is 1. The van der Waals surface area contributed by atoms with Gasteiger partial charge >= 0.3 is 11.9 Å². The highest BCUT2D eigenvalue weighted by molar-refractivity contribution is 5.87. The minimum absolute atomic E-state index is 0.0793. The fraction of sp³-hybridized carbons (Fsp3) is 0.565. The third-order valence-corrected chi connectivity index (χ3v) is 5.63. The van der Waals surface area contributed by atoms with Gasteiger partial charge in [-0.1, -0.05) is 25.0 Å². The zero-order valence-electron chi connectivity index (χ0n) is 18.3. The molecule has 0 amide bonds. The monoisotopic (exact) mass is 466 g/mol. The minimum atomic E-state index is -1.52. The van der Waals surface area contributed by atoms with Crippen LogP contribution >= 0.6 is 0 Å². The summed E-state index contributed by atoms with van der Waals surface area (Å²) < 4.78 is 22.0. The average molecular weight is 466 g/mol. The van der Waals surface area contributed by atoms with Gasteiger partial charge in [0.25, 0.3) is 0 Å². The van der Waals surface area contributed by atoms with Gasteiger partial charge < -0.3 is 39.4 Å². The molecule has 0 unspecified atom stereocenters. The van der Waals surface area contributed by atoms with E-state index in [9.17, 15) is 30.0 Å². The summed E-state index contributed by atoms with van der Waals surface area (Å²) in [4.78, 5) is 24.1. The number of hydrogen-bond acceptors (Lipinski definition) is 10. The van der Waals surface area contributed by atoms with Crippen LogP contribution in [0.2, 0.25) is 0 Å². The molecule has 3 rings (SSSR count). The number of aliphatic hydroxyl groups excluding tert-OH is 3. The molecule has 1 aliphatic heterocycles. The first-order chi connectivity index (χ1) is 15.8. The Morgan fingerprint density at radius 1 is 1.09 bits per heavy atom. The van der Waals surface area contributed by atoms with E-state index in [1.54, 1.807) is 12.1 Å². The van der Waals surface area contributed by atoms with E-state index in [1.807, 2.05) is 0 Å². The maximum absolute atomic E-state index is 12.4. The van der Waals surface area contributed by atoms with E-state index in [2.05, 4.69) is 0 Å². The van der Waals surface area contributed by atoms with Crippen LogP contribution < -0.4 is 0 Å². The van der Waals surface area contributed by atoms with E-state index in [0.717, 1.165) is 25.8 Å². The van der Waals surface area contributed by atoms with Crippen LogP contribution in [0.1, 0.15) is 38.2 Å². The number of esters is 2. The molecule has 1 aliphatic carbocycles. The molecular formula is C23H30O10. The first kappa shape index (κ1) is 25.1.